The van der Waals surface area contributed by atoms with Gasteiger partial charge in [-0.1, -0.05) is 46.0 Å². The molecule has 0 heterocycles. The fraction of sp³-hybridized carbons (Fsp3) is 0.933. The highest BCUT2D eigenvalue weighted by atomic mass is 16.5. The van der Waals surface area contributed by atoms with Crippen molar-refractivity contribution in [3.05, 3.63) is 0 Å². The second-order valence-electron chi connectivity index (χ2n) is 5.48. The van der Waals surface area contributed by atoms with Crippen LogP contribution in [0.2, 0.25) is 0 Å². The molecular formula is C15H28O2. The lowest BCUT2D eigenvalue weighted by Gasteiger charge is -2.32. The first-order chi connectivity index (χ1) is 8.14. The molecule has 1 aliphatic carbocycles. The van der Waals surface area contributed by atoms with Crippen molar-refractivity contribution in [2.45, 2.75) is 77.7 Å². The molecule has 1 aliphatic rings. The Labute approximate surface area is 106 Å². The zero-order valence-corrected chi connectivity index (χ0v) is 11.8. The van der Waals surface area contributed by atoms with Crippen LogP contribution in [0.4, 0.5) is 0 Å². The first-order valence-electron chi connectivity index (χ1n) is 7.32. The van der Waals surface area contributed by atoms with Gasteiger partial charge < -0.3 is 4.74 Å². The standard InChI is InChI=1S/C15H28O2/c1-4-13(3)12-14(16)15(17-5-2)10-8-6-7-9-11-15/h13H,4-12H2,1-3H3. The van der Waals surface area contributed by atoms with Crippen LogP contribution in [0.5, 0.6) is 0 Å². The Kier molecular flexibility index (Phi) is 6.18. The Balaban J connectivity index is 2.70. The lowest BCUT2D eigenvalue weighted by atomic mass is 9.84. The monoisotopic (exact) mass is 240 g/mol. The third-order valence-electron chi connectivity index (χ3n) is 4.07. The van der Waals surface area contributed by atoms with Crippen molar-refractivity contribution in [1.29, 1.82) is 0 Å². The number of hydrogen-bond donors (Lipinski definition) is 0. The fourth-order valence-electron chi connectivity index (χ4n) is 2.73. The van der Waals surface area contributed by atoms with Crippen LogP contribution in [0.15, 0.2) is 0 Å². The molecule has 100 valence electrons. The van der Waals surface area contributed by atoms with Gasteiger partial charge in [-0.3, -0.25) is 4.79 Å². The van der Waals surface area contributed by atoms with E-state index in [0.717, 1.165) is 32.1 Å². The first-order valence-corrected chi connectivity index (χ1v) is 7.32. The van der Waals surface area contributed by atoms with Crippen LogP contribution in [0.1, 0.15) is 72.1 Å². The summed E-state index contributed by atoms with van der Waals surface area (Å²) >= 11 is 0. The summed E-state index contributed by atoms with van der Waals surface area (Å²) < 4.78 is 5.91. The van der Waals surface area contributed by atoms with Crippen LogP contribution in [0.25, 0.3) is 0 Å². The Bertz CT molecular complexity index is 227. The van der Waals surface area contributed by atoms with E-state index in [2.05, 4.69) is 13.8 Å². The van der Waals surface area contributed by atoms with Crippen LogP contribution < -0.4 is 0 Å². The lowest BCUT2D eigenvalue weighted by molar-refractivity contribution is -0.147. The predicted octanol–water partition coefficient (Wildman–Crippen LogP) is 4.12. The van der Waals surface area contributed by atoms with Crippen molar-refractivity contribution < 1.29 is 9.53 Å². The van der Waals surface area contributed by atoms with Crippen LogP contribution in [0.3, 0.4) is 0 Å². The van der Waals surface area contributed by atoms with Crippen molar-refractivity contribution in [3.8, 4) is 0 Å². The molecule has 1 saturated carbocycles. The van der Waals surface area contributed by atoms with Crippen molar-refractivity contribution in [2.24, 2.45) is 5.92 Å². The van der Waals surface area contributed by atoms with Gasteiger partial charge in [0.25, 0.3) is 0 Å². The number of rotatable bonds is 6. The zero-order valence-electron chi connectivity index (χ0n) is 11.8. The van der Waals surface area contributed by atoms with Gasteiger partial charge in [0, 0.05) is 13.0 Å². The molecule has 1 rings (SSSR count). The van der Waals surface area contributed by atoms with Gasteiger partial charge in [-0.05, 0) is 25.7 Å². The normalized spacial score (nSPS) is 21.8. The summed E-state index contributed by atoms with van der Waals surface area (Å²) in [6.45, 7) is 6.97. The van der Waals surface area contributed by atoms with E-state index in [9.17, 15) is 4.79 Å². The van der Waals surface area contributed by atoms with Gasteiger partial charge in [0.2, 0.25) is 0 Å². The lowest BCUT2D eigenvalue weighted by Crippen LogP contribution is -2.42. The number of hydrogen-bond acceptors (Lipinski definition) is 2. The van der Waals surface area contributed by atoms with E-state index in [0.29, 0.717) is 24.7 Å². The third-order valence-corrected chi connectivity index (χ3v) is 4.07. The second kappa shape index (κ2) is 7.15. The van der Waals surface area contributed by atoms with Gasteiger partial charge in [-0.15, -0.1) is 0 Å². The zero-order chi connectivity index (χ0) is 12.7. The number of carbonyl (C=O) groups excluding carboxylic acids is 1. The topological polar surface area (TPSA) is 26.3 Å². The minimum atomic E-state index is -0.436. The summed E-state index contributed by atoms with van der Waals surface area (Å²) in [4.78, 5) is 12.5. The summed E-state index contributed by atoms with van der Waals surface area (Å²) in [5.41, 5.74) is -0.436. The minimum Gasteiger partial charge on any atom is -0.368 e. The average molecular weight is 240 g/mol. The fourth-order valence-corrected chi connectivity index (χ4v) is 2.73. The molecule has 0 aromatic carbocycles. The smallest absolute Gasteiger partial charge is 0.164 e. The van der Waals surface area contributed by atoms with Crippen LogP contribution in [0, 0.1) is 5.92 Å². The van der Waals surface area contributed by atoms with E-state index in [1.54, 1.807) is 0 Å². The molecule has 1 atom stereocenters. The van der Waals surface area contributed by atoms with Gasteiger partial charge in [0.15, 0.2) is 5.78 Å². The van der Waals surface area contributed by atoms with Crippen molar-refractivity contribution in [1.82, 2.24) is 0 Å². The van der Waals surface area contributed by atoms with Crippen molar-refractivity contribution in [2.75, 3.05) is 6.61 Å². The molecule has 0 amide bonds. The molecule has 0 aromatic heterocycles. The summed E-state index contributed by atoms with van der Waals surface area (Å²) in [5, 5.41) is 0. The van der Waals surface area contributed by atoms with E-state index >= 15 is 0 Å². The predicted molar refractivity (Wildman–Crippen MR) is 71.1 cm³/mol. The SMILES string of the molecule is CCOC1(C(=O)CC(C)CC)CCCCCC1. The van der Waals surface area contributed by atoms with E-state index in [-0.39, 0.29) is 0 Å². The molecule has 0 aliphatic heterocycles. The summed E-state index contributed by atoms with van der Waals surface area (Å²) in [6, 6.07) is 0. The van der Waals surface area contributed by atoms with Crippen LogP contribution >= 0.6 is 0 Å². The van der Waals surface area contributed by atoms with Gasteiger partial charge in [0.05, 0.1) is 0 Å². The molecule has 2 nitrogen and oxygen atoms in total. The maximum atomic E-state index is 12.5. The van der Waals surface area contributed by atoms with Crippen LogP contribution in [-0.2, 0) is 9.53 Å². The molecule has 1 unspecified atom stereocenters. The summed E-state index contributed by atoms with van der Waals surface area (Å²) in [5.74, 6) is 0.846. The van der Waals surface area contributed by atoms with Crippen molar-refractivity contribution in [3.63, 3.8) is 0 Å². The quantitative estimate of drug-likeness (QED) is 0.653. The Morgan fingerprint density at radius 1 is 1.18 bits per heavy atom. The molecule has 2 heteroatoms. The van der Waals surface area contributed by atoms with Gasteiger partial charge in [-0.2, -0.15) is 0 Å². The average Bonchev–Trinajstić information content (AvgIpc) is 2.56. The number of Topliss-reactive ketones (excluding diaryl/α,β-unsaturated/α-hetero) is 1. The summed E-state index contributed by atoms with van der Waals surface area (Å²) in [6.07, 6.45) is 8.45. The van der Waals surface area contributed by atoms with E-state index in [1.807, 2.05) is 6.92 Å². The highest BCUT2D eigenvalue weighted by Crippen LogP contribution is 2.33. The summed E-state index contributed by atoms with van der Waals surface area (Å²) in [7, 11) is 0. The molecular weight excluding hydrogens is 212 g/mol. The van der Waals surface area contributed by atoms with Gasteiger partial charge >= 0.3 is 0 Å². The molecule has 0 radical (unpaired) electrons. The maximum absolute atomic E-state index is 12.5. The molecule has 0 saturated heterocycles. The third kappa shape index (κ3) is 4.09. The minimum absolute atomic E-state index is 0.357. The number of carbonyl (C=O) groups is 1. The highest BCUT2D eigenvalue weighted by Gasteiger charge is 2.38. The maximum Gasteiger partial charge on any atom is 0.164 e. The Morgan fingerprint density at radius 2 is 1.76 bits per heavy atom. The Morgan fingerprint density at radius 3 is 2.24 bits per heavy atom. The van der Waals surface area contributed by atoms with Crippen molar-refractivity contribution >= 4 is 5.78 Å². The first kappa shape index (κ1) is 14.7. The van der Waals surface area contributed by atoms with Crippen LogP contribution in [-0.4, -0.2) is 18.0 Å². The number of ether oxygens (including phenoxy) is 1. The largest absolute Gasteiger partial charge is 0.368 e. The van der Waals surface area contributed by atoms with E-state index in [4.69, 9.17) is 4.74 Å². The molecule has 0 spiro atoms. The molecule has 0 bridgehead atoms. The molecule has 1 fully saturated rings. The molecule has 0 aromatic rings. The Hall–Kier alpha value is -0.370. The second-order valence-corrected chi connectivity index (χ2v) is 5.48. The highest BCUT2D eigenvalue weighted by molar-refractivity contribution is 5.87. The van der Waals surface area contributed by atoms with Gasteiger partial charge in [-0.25, -0.2) is 0 Å². The molecule has 0 N–H and O–H groups in total. The van der Waals surface area contributed by atoms with E-state index in [1.165, 1.54) is 12.8 Å². The number of ketones is 1. The van der Waals surface area contributed by atoms with Gasteiger partial charge in [0.1, 0.15) is 5.60 Å². The molecule has 17 heavy (non-hydrogen) atoms. The van der Waals surface area contributed by atoms with E-state index < -0.39 is 5.60 Å².